The Morgan fingerprint density at radius 2 is 1.71 bits per heavy atom. The third-order valence-electron chi connectivity index (χ3n) is 3.29. The minimum atomic E-state index is -0.442. The lowest BCUT2D eigenvalue weighted by atomic mass is 10.1. The summed E-state index contributed by atoms with van der Waals surface area (Å²) in [5.74, 6) is -0.210. The van der Waals surface area contributed by atoms with Crippen LogP contribution in [0.5, 0.6) is 5.75 Å². The van der Waals surface area contributed by atoms with Crippen LogP contribution in [0.15, 0.2) is 48.5 Å². The van der Waals surface area contributed by atoms with E-state index >= 15 is 0 Å². The number of benzene rings is 2. The van der Waals surface area contributed by atoms with Crippen molar-refractivity contribution >= 4 is 11.8 Å². The molecular weight excluding hydrogens is 308 g/mol. The van der Waals surface area contributed by atoms with Gasteiger partial charge < -0.3 is 9.47 Å². The number of hydrazine groups is 1. The Balaban J connectivity index is 1.78. The molecule has 2 amide bonds. The van der Waals surface area contributed by atoms with Gasteiger partial charge >= 0.3 is 0 Å². The fourth-order valence-electron chi connectivity index (χ4n) is 2.02. The van der Waals surface area contributed by atoms with Crippen LogP contribution in [0, 0.1) is 6.92 Å². The SMILES string of the molecule is COCc1ccc(C(=O)NNC(=O)COc2ccccc2C)cc1. The van der Waals surface area contributed by atoms with Crippen molar-refractivity contribution in [2.75, 3.05) is 13.7 Å². The van der Waals surface area contributed by atoms with Gasteiger partial charge in [0.05, 0.1) is 6.61 Å². The maximum absolute atomic E-state index is 11.9. The molecule has 0 radical (unpaired) electrons. The van der Waals surface area contributed by atoms with Gasteiger partial charge in [-0.3, -0.25) is 20.4 Å². The molecule has 6 nitrogen and oxygen atoms in total. The Morgan fingerprint density at radius 1 is 1.00 bits per heavy atom. The summed E-state index contributed by atoms with van der Waals surface area (Å²) < 4.78 is 10.4. The molecule has 0 saturated carbocycles. The molecule has 126 valence electrons. The fourth-order valence-corrected chi connectivity index (χ4v) is 2.02. The van der Waals surface area contributed by atoms with E-state index in [0.29, 0.717) is 17.9 Å². The van der Waals surface area contributed by atoms with Gasteiger partial charge in [0, 0.05) is 12.7 Å². The Bertz CT molecular complexity index is 698. The molecule has 2 aromatic rings. The average Bonchev–Trinajstić information content (AvgIpc) is 2.60. The van der Waals surface area contributed by atoms with Gasteiger partial charge in [-0.25, -0.2) is 0 Å². The van der Waals surface area contributed by atoms with Crippen LogP contribution in [-0.2, 0) is 16.1 Å². The summed E-state index contributed by atoms with van der Waals surface area (Å²) in [6, 6.07) is 14.3. The van der Waals surface area contributed by atoms with Crippen LogP contribution < -0.4 is 15.6 Å². The quantitative estimate of drug-likeness (QED) is 0.795. The van der Waals surface area contributed by atoms with E-state index in [4.69, 9.17) is 9.47 Å². The molecule has 0 saturated heterocycles. The van der Waals surface area contributed by atoms with Crippen LogP contribution in [0.2, 0.25) is 0 Å². The largest absolute Gasteiger partial charge is 0.483 e. The zero-order chi connectivity index (χ0) is 17.4. The number of para-hydroxylation sites is 1. The van der Waals surface area contributed by atoms with E-state index in [1.54, 1.807) is 37.4 Å². The van der Waals surface area contributed by atoms with Crippen LogP contribution in [0.3, 0.4) is 0 Å². The van der Waals surface area contributed by atoms with Gasteiger partial charge in [0.15, 0.2) is 6.61 Å². The minimum absolute atomic E-state index is 0.183. The lowest BCUT2D eigenvalue weighted by Crippen LogP contribution is -2.43. The van der Waals surface area contributed by atoms with Gasteiger partial charge in [0.2, 0.25) is 0 Å². The minimum Gasteiger partial charge on any atom is -0.483 e. The topological polar surface area (TPSA) is 76.7 Å². The molecule has 0 aliphatic rings. The highest BCUT2D eigenvalue weighted by Gasteiger charge is 2.08. The van der Waals surface area contributed by atoms with Crippen LogP contribution >= 0.6 is 0 Å². The van der Waals surface area contributed by atoms with E-state index in [-0.39, 0.29) is 6.61 Å². The van der Waals surface area contributed by atoms with Crippen LogP contribution in [0.25, 0.3) is 0 Å². The zero-order valence-electron chi connectivity index (χ0n) is 13.7. The van der Waals surface area contributed by atoms with E-state index in [1.165, 1.54) is 0 Å². The van der Waals surface area contributed by atoms with Crippen molar-refractivity contribution in [3.8, 4) is 5.75 Å². The first-order valence-corrected chi connectivity index (χ1v) is 7.45. The first-order chi connectivity index (χ1) is 11.6. The summed E-state index contributed by atoms with van der Waals surface area (Å²) in [5.41, 5.74) is 7.01. The number of carbonyl (C=O) groups is 2. The molecular formula is C18H20N2O4. The highest BCUT2D eigenvalue weighted by molar-refractivity contribution is 5.95. The number of methoxy groups -OCH3 is 1. The van der Waals surface area contributed by atoms with E-state index < -0.39 is 11.8 Å². The number of ether oxygens (including phenoxy) is 2. The van der Waals surface area contributed by atoms with E-state index in [2.05, 4.69) is 10.9 Å². The van der Waals surface area contributed by atoms with Crippen LogP contribution in [0.4, 0.5) is 0 Å². The molecule has 6 heteroatoms. The first-order valence-electron chi connectivity index (χ1n) is 7.45. The summed E-state index contributed by atoms with van der Waals surface area (Å²) >= 11 is 0. The molecule has 2 aromatic carbocycles. The van der Waals surface area contributed by atoms with E-state index in [0.717, 1.165) is 11.1 Å². The van der Waals surface area contributed by atoms with Crippen molar-refractivity contribution in [1.82, 2.24) is 10.9 Å². The number of hydrogen-bond donors (Lipinski definition) is 2. The Hall–Kier alpha value is -2.86. The second kappa shape index (κ2) is 8.69. The Morgan fingerprint density at radius 3 is 2.38 bits per heavy atom. The number of rotatable bonds is 6. The zero-order valence-corrected chi connectivity index (χ0v) is 13.7. The number of amides is 2. The number of hydrogen-bond acceptors (Lipinski definition) is 4. The second-order valence-corrected chi connectivity index (χ2v) is 5.19. The molecule has 24 heavy (non-hydrogen) atoms. The van der Waals surface area contributed by atoms with Gasteiger partial charge in [-0.05, 0) is 36.2 Å². The van der Waals surface area contributed by atoms with E-state index in [1.807, 2.05) is 25.1 Å². The highest BCUT2D eigenvalue weighted by Crippen LogP contribution is 2.15. The molecule has 0 fully saturated rings. The molecule has 0 spiro atoms. The van der Waals surface area contributed by atoms with Crippen molar-refractivity contribution in [3.63, 3.8) is 0 Å². The molecule has 0 heterocycles. The molecule has 0 unspecified atom stereocenters. The maximum atomic E-state index is 11.9. The predicted molar refractivity (Wildman–Crippen MR) is 89.4 cm³/mol. The molecule has 2 rings (SSSR count). The lowest BCUT2D eigenvalue weighted by Gasteiger charge is -2.10. The summed E-state index contributed by atoms with van der Waals surface area (Å²) in [6.07, 6.45) is 0. The number of carbonyl (C=O) groups excluding carboxylic acids is 2. The van der Waals surface area contributed by atoms with Crippen molar-refractivity contribution in [2.45, 2.75) is 13.5 Å². The van der Waals surface area contributed by atoms with Gasteiger partial charge in [-0.2, -0.15) is 0 Å². The van der Waals surface area contributed by atoms with Gasteiger partial charge in [0.25, 0.3) is 11.8 Å². The summed E-state index contributed by atoms with van der Waals surface area (Å²) in [7, 11) is 1.61. The third-order valence-corrected chi connectivity index (χ3v) is 3.29. The third kappa shape index (κ3) is 5.10. The van der Waals surface area contributed by atoms with Crippen LogP contribution in [0.1, 0.15) is 21.5 Å². The van der Waals surface area contributed by atoms with Gasteiger partial charge in [-0.1, -0.05) is 30.3 Å². The average molecular weight is 328 g/mol. The van der Waals surface area contributed by atoms with Crippen molar-refractivity contribution in [1.29, 1.82) is 0 Å². The Labute approximate surface area is 140 Å². The normalized spacial score (nSPS) is 10.1. The Kier molecular flexibility index (Phi) is 6.33. The van der Waals surface area contributed by atoms with Gasteiger partial charge in [-0.15, -0.1) is 0 Å². The standard InChI is InChI=1S/C18H20N2O4/c1-13-5-3-4-6-16(13)24-12-17(21)19-20-18(22)15-9-7-14(8-10-15)11-23-2/h3-10H,11-12H2,1-2H3,(H,19,21)(H,20,22). The number of aryl methyl sites for hydroxylation is 1. The second-order valence-electron chi connectivity index (χ2n) is 5.19. The fraction of sp³-hybridized carbons (Fsp3) is 0.222. The molecule has 0 bridgehead atoms. The van der Waals surface area contributed by atoms with Crippen LogP contribution in [-0.4, -0.2) is 25.5 Å². The molecule has 0 atom stereocenters. The first kappa shape index (κ1) is 17.5. The van der Waals surface area contributed by atoms with Crippen molar-refractivity contribution < 1.29 is 19.1 Å². The summed E-state index contributed by atoms with van der Waals surface area (Å²) in [5, 5.41) is 0. The smallest absolute Gasteiger partial charge is 0.276 e. The number of nitrogens with one attached hydrogen (secondary N) is 2. The van der Waals surface area contributed by atoms with E-state index in [9.17, 15) is 9.59 Å². The van der Waals surface area contributed by atoms with Crippen molar-refractivity contribution in [2.24, 2.45) is 0 Å². The molecule has 0 aromatic heterocycles. The monoisotopic (exact) mass is 328 g/mol. The maximum Gasteiger partial charge on any atom is 0.276 e. The van der Waals surface area contributed by atoms with Gasteiger partial charge in [0.1, 0.15) is 5.75 Å². The highest BCUT2D eigenvalue weighted by atomic mass is 16.5. The lowest BCUT2D eigenvalue weighted by molar-refractivity contribution is -0.123. The van der Waals surface area contributed by atoms with Crippen molar-refractivity contribution in [3.05, 3.63) is 65.2 Å². The molecule has 2 N–H and O–H groups in total. The summed E-state index contributed by atoms with van der Waals surface area (Å²) in [6.45, 7) is 2.19. The summed E-state index contributed by atoms with van der Waals surface area (Å²) in [4.78, 5) is 23.7. The molecule has 0 aliphatic carbocycles. The predicted octanol–water partition coefficient (Wildman–Crippen LogP) is 1.98. The molecule has 0 aliphatic heterocycles.